The molecule has 0 spiro atoms. The van der Waals surface area contributed by atoms with Crippen LogP contribution in [-0.4, -0.2) is 22.1 Å². The van der Waals surface area contributed by atoms with Crippen LogP contribution in [0.15, 0.2) is 6.07 Å². The Labute approximate surface area is 120 Å². The first kappa shape index (κ1) is 14.8. The Kier molecular flexibility index (Phi) is 4.99. The third kappa shape index (κ3) is 3.50. The van der Waals surface area contributed by atoms with Gasteiger partial charge < -0.3 is 10.4 Å². The summed E-state index contributed by atoms with van der Waals surface area (Å²) in [5, 5.41) is 12.6. The molecule has 1 aromatic heterocycles. The van der Waals surface area contributed by atoms with Crippen molar-refractivity contribution >= 4 is 11.8 Å². The van der Waals surface area contributed by atoms with Gasteiger partial charge in [0.2, 0.25) is 0 Å². The van der Waals surface area contributed by atoms with E-state index in [0.717, 1.165) is 43.4 Å². The molecule has 0 aliphatic heterocycles. The molecule has 1 heterocycles. The van der Waals surface area contributed by atoms with Gasteiger partial charge in [-0.25, -0.2) is 9.78 Å². The van der Waals surface area contributed by atoms with Crippen molar-refractivity contribution in [2.45, 2.75) is 64.8 Å². The van der Waals surface area contributed by atoms with Crippen molar-refractivity contribution in [2.24, 2.45) is 0 Å². The van der Waals surface area contributed by atoms with Gasteiger partial charge in [-0.15, -0.1) is 0 Å². The molecule has 0 aromatic carbocycles. The quantitative estimate of drug-likeness (QED) is 0.746. The molecule has 1 atom stereocenters. The number of nitrogens with zero attached hydrogens (tertiary/aromatic N) is 1. The Morgan fingerprint density at radius 1 is 1.45 bits per heavy atom. The summed E-state index contributed by atoms with van der Waals surface area (Å²) in [5.41, 5.74) is 2.48. The van der Waals surface area contributed by atoms with E-state index in [1.807, 2.05) is 0 Å². The third-order valence-electron chi connectivity index (χ3n) is 3.91. The molecule has 0 radical (unpaired) electrons. The van der Waals surface area contributed by atoms with Crippen LogP contribution in [-0.2, 0) is 12.8 Å². The Bertz CT molecular complexity index is 486. The van der Waals surface area contributed by atoms with Crippen molar-refractivity contribution in [1.29, 1.82) is 0 Å². The molecule has 1 unspecified atom stereocenters. The first-order valence-corrected chi connectivity index (χ1v) is 7.64. The topological polar surface area (TPSA) is 62.2 Å². The van der Waals surface area contributed by atoms with Crippen molar-refractivity contribution in [3.05, 3.63) is 22.9 Å². The highest BCUT2D eigenvalue weighted by Crippen LogP contribution is 2.26. The number of fused-ring (bicyclic) bond motifs is 1. The molecule has 2 N–H and O–H groups in total. The van der Waals surface area contributed by atoms with Crippen LogP contribution in [0, 0.1) is 0 Å². The number of carbonyl (C=O) groups is 1. The minimum absolute atomic E-state index is 0.256. The van der Waals surface area contributed by atoms with E-state index in [1.54, 1.807) is 6.07 Å². The summed E-state index contributed by atoms with van der Waals surface area (Å²) in [7, 11) is 0. The van der Waals surface area contributed by atoms with E-state index in [-0.39, 0.29) is 6.04 Å². The molecule has 1 aromatic rings. The van der Waals surface area contributed by atoms with E-state index in [9.17, 15) is 9.90 Å². The Balaban J connectivity index is 2.11. The SMILES string of the molecule is CCCCCC(C)Nc1nc2c(cc1C(=O)O)CCC2. The predicted molar refractivity (Wildman–Crippen MR) is 80.4 cm³/mol. The molecule has 1 aliphatic rings. The van der Waals surface area contributed by atoms with Gasteiger partial charge in [0.25, 0.3) is 0 Å². The van der Waals surface area contributed by atoms with Gasteiger partial charge in [0.1, 0.15) is 11.4 Å². The van der Waals surface area contributed by atoms with Crippen LogP contribution in [0.25, 0.3) is 0 Å². The molecule has 2 rings (SSSR count). The molecule has 110 valence electrons. The molecule has 4 heteroatoms. The van der Waals surface area contributed by atoms with Gasteiger partial charge in [0.05, 0.1) is 0 Å². The van der Waals surface area contributed by atoms with Crippen LogP contribution >= 0.6 is 0 Å². The number of rotatable bonds is 7. The summed E-state index contributed by atoms with van der Waals surface area (Å²) in [4.78, 5) is 15.9. The van der Waals surface area contributed by atoms with Gasteiger partial charge >= 0.3 is 5.97 Å². The van der Waals surface area contributed by atoms with E-state index in [0.29, 0.717) is 11.4 Å². The fourth-order valence-electron chi connectivity index (χ4n) is 2.75. The minimum atomic E-state index is -0.893. The van der Waals surface area contributed by atoms with Crippen LogP contribution in [0.4, 0.5) is 5.82 Å². The number of pyridine rings is 1. The van der Waals surface area contributed by atoms with Gasteiger partial charge in [0.15, 0.2) is 0 Å². The second kappa shape index (κ2) is 6.73. The first-order valence-electron chi connectivity index (χ1n) is 7.64. The molecule has 0 saturated heterocycles. The van der Waals surface area contributed by atoms with Crippen LogP contribution in [0.1, 0.15) is 67.6 Å². The number of anilines is 1. The number of aryl methyl sites for hydroxylation is 2. The monoisotopic (exact) mass is 276 g/mol. The van der Waals surface area contributed by atoms with Crippen molar-refractivity contribution in [1.82, 2.24) is 4.98 Å². The predicted octanol–water partition coefficient (Wildman–Crippen LogP) is 3.65. The molecule has 0 bridgehead atoms. The van der Waals surface area contributed by atoms with Gasteiger partial charge in [-0.2, -0.15) is 0 Å². The number of aromatic carboxylic acids is 1. The van der Waals surface area contributed by atoms with Gasteiger partial charge in [-0.3, -0.25) is 0 Å². The maximum atomic E-state index is 11.4. The summed E-state index contributed by atoms with van der Waals surface area (Å²) in [6.45, 7) is 4.28. The number of nitrogens with one attached hydrogen (secondary N) is 1. The van der Waals surface area contributed by atoms with Crippen LogP contribution in [0.2, 0.25) is 0 Å². The fourth-order valence-corrected chi connectivity index (χ4v) is 2.75. The standard InChI is InChI=1S/C16H24N2O2/c1-3-4-5-7-11(2)17-15-13(16(19)20)10-12-8-6-9-14(12)18-15/h10-11H,3-9H2,1-2H3,(H,17,18)(H,19,20). The third-order valence-corrected chi connectivity index (χ3v) is 3.91. The average Bonchev–Trinajstić information content (AvgIpc) is 2.85. The van der Waals surface area contributed by atoms with Gasteiger partial charge in [-0.1, -0.05) is 26.2 Å². The number of hydrogen-bond donors (Lipinski definition) is 2. The molecule has 20 heavy (non-hydrogen) atoms. The number of carboxylic acid groups (broad SMARTS) is 1. The second-order valence-corrected chi connectivity index (χ2v) is 5.69. The van der Waals surface area contributed by atoms with Crippen LogP contribution in [0.5, 0.6) is 0 Å². The lowest BCUT2D eigenvalue weighted by molar-refractivity contribution is 0.0697. The highest BCUT2D eigenvalue weighted by molar-refractivity contribution is 5.93. The zero-order chi connectivity index (χ0) is 14.5. The van der Waals surface area contributed by atoms with E-state index >= 15 is 0 Å². The van der Waals surface area contributed by atoms with Crippen molar-refractivity contribution < 1.29 is 9.90 Å². The van der Waals surface area contributed by atoms with E-state index < -0.39 is 5.97 Å². The van der Waals surface area contributed by atoms with E-state index in [1.165, 1.54) is 12.8 Å². The molecule has 4 nitrogen and oxygen atoms in total. The van der Waals surface area contributed by atoms with E-state index in [2.05, 4.69) is 24.1 Å². The molecule has 0 amide bonds. The summed E-state index contributed by atoms with van der Waals surface area (Å²) in [6, 6.07) is 2.06. The van der Waals surface area contributed by atoms with Gasteiger partial charge in [-0.05, 0) is 44.2 Å². The summed E-state index contributed by atoms with van der Waals surface area (Å²) >= 11 is 0. The Morgan fingerprint density at radius 2 is 2.25 bits per heavy atom. The molecule has 0 fully saturated rings. The Hall–Kier alpha value is -1.58. The lowest BCUT2D eigenvalue weighted by Gasteiger charge is -2.17. The fraction of sp³-hybridized carbons (Fsp3) is 0.625. The smallest absolute Gasteiger partial charge is 0.339 e. The number of carboxylic acids is 1. The van der Waals surface area contributed by atoms with Crippen molar-refractivity contribution in [3.8, 4) is 0 Å². The largest absolute Gasteiger partial charge is 0.478 e. The van der Waals surface area contributed by atoms with Crippen molar-refractivity contribution in [3.63, 3.8) is 0 Å². The number of aromatic nitrogens is 1. The second-order valence-electron chi connectivity index (χ2n) is 5.69. The lowest BCUT2D eigenvalue weighted by atomic mass is 10.1. The lowest BCUT2D eigenvalue weighted by Crippen LogP contribution is -2.19. The number of unbranched alkanes of at least 4 members (excludes halogenated alkanes) is 2. The zero-order valence-electron chi connectivity index (χ0n) is 12.4. The highest BCUT2D eigenvalue weighted by atomic mass is 16.4. The highest BCUT2D eigenvalue weighted by Gasteiger charge is 2.20. The summed E-state index contributed by atoms with van der Waals surface area (Å²) < 4.78 is 0. The first-order chi connectivity index (χ1) is 9.61. The summed E-state index contributed by atoms with van der Waals surface area (Å²) in [5.74, 6) is -0.349. The molecular weight excluding hydrogens is 252 g/mol. The molecular formula is C16H24N2O2. The van der Waals surface area contributed by atoms with E-state index in [4.69, 9.17) is 0 Å². The Morgan fingerprint density at radius 3 is 2.95 bits per heavy atom. The van der Waals surface area contributed by atoms with Crippen LogP contribution in [0.3, 0.4) is 0 Å². The molecule has 1 aliphatic carbocycles. The zero-order valence-corrected chi connectivity index (χ0v) is 12.4. The maximum absolute atomic E-state index is 11.4. The van der Waals surface area contributed by atoms with Crippen LogP contribution < -0.4 is 5.32 Å². The van der Waals surface area contributed by atoms with Crippen molar-refractivity contribution in [2.75, 3.05) is 5.32 Å². The average molecular weight is 276 g/mol. The minimum Gasteiger partial charge on any atom is -0.478 e. The number of hydrogen-bond acceptors (Lipinski definition) is 3. The summed E-state index contributed by atoms with van der Waals surface area (Å²) in [6.07, 6.45) is 7.63. The normalized spacial score (nSPS) is 14.9. The molecule has 0 saturated carbocycles. The van der Waals surface area contributed by atoms with Gasteiger partial charge in [0, 0.05) is 11.7 Å². The maximum Gasteiger partial charge on any atom is 0.339 e.